The molecule has 212 valence electrons. The molecule has 1 aliphatic rings. The van der Waals surface area contributed by atoms with Gasteiger partial charge in [0.2, 0.25) is 0 Å². The summed E-state index contributed by atoms with van der Waals surface area (Å²) in [6.45, 7) is 6.37. The van der Waals surface area contributed by atoms with Gasteiger partial charge in [0, 0.05) is 54.6 Å². The van der Waals surface area contributed by atoms with Gasteiger partial charge in [-0.2, -0.15) is 5.10 Å². The molecule has 2 heterocycles. The molecule has 9 heteroatoms. The van der Waals surface area contributed by atoms with Crippen LogP contribution in [-0.2, 0) is 18.3 Å². The molecule has 0 radical (unpaired) electrons. The maximum Gasteiger partial charge on any atom is 0.254 e. The summed E-state index contributed by atoms with van der Waals surface area (Å²) in [4.78, 5) is 28.4. The van der Waals surface area contributed by atoms with Crippen molar-refractivity contribution in [2.75, 3.05) is 26.3 Å². The monoisotopic (exact) mass is 571 g/mol. The second-order valence-electron chi connectivity index (χ2n) is 10.4. The Morgan fingerprint density at radius 3 is 2.41 bits per heavy atom. The van der Waals surface area contributed by atoms with Gasteiger partial charge >= 0.3 is 0 Å². The third-order valence-electron chi connectivity index (χ3n) is 7.40. The molecule has 8 nitrogen and oxygen atoms in total. The van der Waals surface area contributed by atoms with E-state index in [9.17, 15) is 9.59 Å². The summed E-state index contributed by atoms with van der Waals surface area (Å²) in [5, 5.41) is 7.97. The minimum atomic E-state index is -0.313. The van der Waals surface area contributed by atoms with Crippen molar-refractivity contribution < 1.29 is 14.3 Å². The summed E-state index contributed by atoms with van der Waals surface area (Å²) < 4.78 is 7.15. The predicted octanol–water partition coefficient (Wildman–Crippen LogP) is 5.14. The number of benzene rings is 3. The molecular formula is C32H34ClN5O3. The van der Waals surface area contributed by atoms with Crippen molar-refractivity contribution in [3.63, 3.8) is 0 Å². The Morgan fingerprint density at radius 2 is 1.73 bits per heavy atom. The summed E-state index contributed by atoms with van der Waals surface area (Å²) >= 11 is 6.55. The average molecular weight is 572 g/mol. The zero-order valence-electron chi connectivity index (χ0n) is 23.5. The zero-order chi connectivity index (χ0) is 29.1. The van der Waals surface area contributed by atoms with Gasteiger partial charge in [-0.15, -0.1) is 0 Å². The van der Waals surface area contributed by atoms with Crippen LogP contribution in [-0.4, -0.2) is 52.8 Å². The van der Waals surface area contributed by atoms with Gasteiger partial charge in [0.25, 0.3) is 11.8 Å². The summed E-state index contributed by atoms with van der Waals surface area (Å²) in [6, 6.07) is 17.0. The van der Waals surface area contributed by atoms with Gasteiger partial charge in [0.1, 0.15) is 0 Å². The lowest BCUT2D eigenvalue weighted by Gasteiger charge is -2.27. The molecule has 2 amide bonds. The van der Waals surface area contributed by atoms with E-state index in [4.69, 9.17) is 22.1 Å². The van der Waals surface area contributed by atoms with E-state index in [-0.39, 0.29) is 17.9 Å². The first-order valence-electron chi connectivity index (χ1n) is 13.6. The maximum atomic E-state index is 13.3. The molecule has 4 aromatic rings. The van der Waals surface area contributed by atoms with E-state index >= 15 is 0 Å². The van der Waals surface area contributed by atoms with E-state index in [0.29, 0.717) is 49.0 Å². The van der Waals surface area contributed by atoms with Crippen molar-refractivity contribution in [3.05, 3.63) is 99.8 Å². The Kier molecular flexibility index (Phi) is 8.54. The van der Waals surface area contributed by atoms with Gasteiger partial charge < -0.3 is 20.7 Å². The Hall–Kier alpha value is -3.98. The summed E-state index contributed by atoms with van der Waals surface area (Å²) in [5.74, 6) is -0.240. The molecule has 1 aliphatic heterocycles. The standard InChI is InChI=1S/C32H34ClN5O3/c1-20-4-5-22(17-34)10-30(20)31(39)36-21(2)23-11-24(13-25(12-23)28-18-35-37(3)19-28)26-14-27(16-29(33)15-26)32(40)38-6-8-41-9-7-38/h4-5,10-16,18-19,21H,6-9,17,34H2,1-3H3,(H,36,39). The fourth-order valence-electron chi connectivity index (χ4n) is 5.03. The quantitative estimate of drug-likeness (QED) is 0.320. The summed E-state index contributed by atoms with van der Waals surface area (Å²) in [5.41, 5.74) is 13.2. The number of nitrogens with zero attached hydrogens (tertiary/aromatic N) is 3. The van der Waals surface area contributed by atoms with Gasteiger partial charge in [0.15, 0.2) is 0 Å². The van der Waals surface area contributed by atoms with Crippen LogP contribution in [0.25, 0.3) is 22.3 Å². The van der Waals surface area contributed by atoms with Crippen LogP contribution in [0.5, 0.6) is 0 Å². The SMILES string of the molecule is Cc1ccc(CN)cc1C(=O)NC(C)c1cc(-c2cc(Cl)cc(C(=O)N3CCOCC3)c2)cc(-c2cnn(C)c2)c1. The fraction of sp³-hybridized carbons (Fsp3) is 0.281. The average Bonchev–Trinajstić information content (AvgIpc) is 3.43. The molecule has 1 fully saturated rings. The van der Waals surface area contributed by atoms with Crippen molar-refractivity contribution in [2.45, 2.75) is 26.4 Å². The van der Waals surface area contributed by atoms with Crippen LogP contribution in [0.3, 0.4) is 0 Å². The molecule has 0 spiro atoms. The Labute approximate surface area is 245 Å². The Morgan fingerprint density at radius 1 is 1.02 bits per heavy atom. The van der Waals surface area contributed by atoms with Crippen LogP contribution in [0, 0.1) is 6.92 Å². The van der Waals surface area contributed by atoms with E-state index in [0.717, 1.165) is 38.9 Å². The minimum Gasteiger partial charge on any atom is -0.378 e. The van der Waals surface area contributed by atoms with Crippen LogP contribution in [0.1, 0.15) is 50.4 Å². The smallest absolute Gasteiger partial charge is 0.254 e. The zero-order valence-corrected chi connectivity index (χ0v) is 24.2. The maximum absolute atomic E-state index is 13.3. The van der Waals surface area contributed by atoms with Gasteiger partial charge in [0.05, 0.1) is 25.5 Å². The summed E-state index contributed by atoms with van der Waals surface area (Å²) in [6.07, 6.45) is 3.75. The molecule has 5 rings (SSSR count). The molecule has 0 bridgehead atoms. The number of aryl methyl sites for hydroxylation is 2. The number of rotatable bonds is 7. The number of hydrogen-bond donors (Lipinski definition) is 2. The third-order valence-corrected chi connectivity index (χ3v) is 7.62. The van der Waals surface area contributed by atoms with Crippen molar-refractivity contribution >= 4 is 23.4 Å². The molecule has 0 aliphatic carbocycles. The fourth-order valence-corrected chi connectivity index (χ4v) is 5.27. The van der Waals surface area contributed by atoms with Crippen molar-refractivity contribution in [1.82, 2.24) is 20.0 Å². The number of nitrogens with two attached hydrogens (primary N) is 1. The van der Waals surface area contributed by atoms with E-state index < -0.39 is 0 Å². The summed E-state index contributed by atoms with van der Waals surface area (Å²) in [7, 11) is 1.87. The Bertz CT molecular complexity index is 1590. The molecule has 1 atom stereocenters. The number of carbonyl (C=O) groups is 2. The lowest BCUT2D eigenvalue weighted by atomic mass is 9.93. The van der Waals surface area contributed by atoms with Gasteiger partial charge in [-0.05, 0) is 89.7 Å². The first-order valence-corrected chi connectivity index (χ1v) is 14.0. The van der Waals surface area contributed by atoms with E-state index in [2.05, 4.69) is 22.5 Å². The van der Waals surface area contributed by atoms with Crippen molar-refractivity contribution in [2.24, 2.45) is 12.8 Å². The normalized spacial score (nSPS) is 14.1. The molecule has 41 heavy (non-hydrogen) atoms. The molecule has 0 saturated carbocycles. The minimum absolute atomic E-state index is 0.0728. The first-order chi connectivity index (χ1) is 19.7. The topological polar surface area (TPSA) is 102 Å². The lowest BCUT2D eigenvalue weighted by Crippen LogP contribution is -2.40. The van der Waals surface area contributed by atoms with Crippen LogP contribution in [0.15, 0.2) is 67.0 Å². The molecule has 3 aromatic carbocycles. The number of nitrogens with one attached hydrogen (secondary N) is 1. The Balaban J connectivity index is 1.52. The number of morpholine rings is 1. The van der Waals surface area contributed by atoms with Gasteiger partial charge in [-0.1, -0.05) is 23.7 Å². The highest BCUT2D eigenvalue weighted by atomic mass is 35.5. The lowest BCUT2D eigenvalue weighted by molar-refractivity contribution is 0.0303. The molecular weight excluding hydrogens is 538 g/mol. The van der Waals surface area contributed by atoms with Crippen LogP contribution >= 0.6 is 11.6 Å². The number of carbonyl (C=O) groups excluding carboxylic acids is 2. The van der Waals surface area contributed by atoms with Crippen LogP contribution in [0.4, 0.5) is 0 Å². The number of aromatic nitrogens is 2. The molecule has 1 saturated heterocycles. The van der Waals surface area contributed by atoms with E-state index in [1.807, 2.05) is 63.5 Å². The number of hydrogen-bond acceptors (Lipinski definition) is 5. The largest absolute Gasteiger partial charge is 0.378 e. The van der Waals surface area contributed by atoms with Crippen LogP contribution < -0.4 is 11.1 Å². The van der Waals surface area contributed by atoms with E-state index in [1.54, 1.807) is 21.8 Å². The first kappa shape index (κ1) is 28.5. The van der Waals surface area contributed by atoms with Crippen LogP contribution in [0.2, 0.25) is 5.02 Å². The second-order valence-corrected chi connectivity index (χ2v) is 10.9. The highest BCUT2D eigenvalue weighted by Crippen LogP contribution is 2.33. The molecule has 3 N–H and O–H groups in total. The van der Waals surface area contributed by atoms with Crippen molar-refractivity contribution in [3.8, 4) is 22.3 Å². The van der Waals surface area contributed by atoms with Crippen molar-refractivity contribution in [1.29, 1.82) is 0 Å². The highest BCUT2D eigenvalue weighted by molar-refractivity contribution is 6.31. The van der Waals surface area contributed by atoms with Gasteiger partial charge in [-0.25, -0.2) is 0 Å². The van der Waals surface area contributed by atoms with Gasteiger partial charge in [-0.3, -0.25) is 14.3 Å². The van der Waals surface area contributed by atoms with E-state index in [1.165, 1.54) is 0 Å². The second kappa shape index (κ2) is 12.3. The number of ether oxygens (including phenoxy) is 1. The molecule has 1 unspecified atom stereocenters. The number of halogens is 1. The predicted molar refractivity (Wildman–Crippen MR) is 161 cm³/mol. The number of amides is 2. The molecule has 1 aromatic heterocycles. The third kappa shape index (κ3) is 6.51. The highest BCUT2D eigenvalue weighted by Gasteiger charge is 2.21.